The lowest BCUT2D eigenvalue weighted by molar-refractivity contribution is 0.0740. The number of amides is 1. The van der Waals surface area contributed by atoms with E-state index in [9.17, 15) is 4.79 Å². The molecule has 0 radical (unpaired) electrons. The maximum Gasteiger partial charge on any atom is 0.272 e. The van der Waals surface area contributed by atoms with E-state index < -0.39 is 0 Å². The first-order chi connectivity index (χ1) is 12.8. The summed E-state index contributed by atoms with van der Waals surface area (Å²) in [5.74, 6) is 0.757. The van der Waals surface area contributed by atoms with E-state index in [1.807, 2.05) is 23.1 Å². The summed E-state index contributed by atoms with van der Waals surface area (Å²) in [4.78, 5) is 25.5. The van der Waals surface area contributed by atoms with Crippen LogP contribution in [0, 0.1) is 0 Å². The molecule has 0 atom stereocenters. The number of nitrogens with zero attached hydrogens (tertiary/aromatic N) is 4. The van der Waals surface area contributed by atoms with Gasteiger partial charge in [-0.05, 0) is 25.0 Å². The van der Waals surface area contributed by atoms with Gasteiger partial charge in [-0.25, -0.2) is 9.97 Å². The molecular formula is C20H25N5O. The van der Waals surface area contributed by atoms with E-state index in [4.69, 9.17) is 0 Å². The Bertz CT molecular complexity index is 737. The van der Waals surface area contributed by atoms with Gasteiger partial charge in [0.25, 0.3) is 5.91 Å². The zero-order chi connectivity index (χ0) is 17.8. The van der Waals surface area contributed by atoms with Crippen molar-refractivity contribution < 1.29 is 4.79 Å². The summed E-state index contributed by atoms with van der Waals surface area (Å²) in [6.45, 7) is 3.11. The molecule has 1 saturated heterocycles. The molecule has 6 heteroatoms. The van der Waals surface area contributed by atoms with Crippen LogP contribution < -0.4 is 10.2 Å². The highest BCUT2D eigenvalue weighted by atomic mass is 16.2. The molecule has 1 aromatic carbocycles. The number of piperazine rings is 1. The SMILES string of the molecule is O=C(c1cc(NC2CCCC2)ncn1)N1CCN(c2ccccc2)CC1. The average Bonchev–Trinajstić information content (AvgIpc) is 3.21. The summed E-state index contributed by atoms with van der Waals surface area (Å²) in [5.41, 5.74) is 1.69. The standard InChI is InChI=1S/C20H25N5O/c26-20(18-14-19(22-15-21-18)23-16-6-4-5-7-16)25-12-10-24(11-13-25)17-8-2-1-3-9-17/h1-3,8-9,14-16H,4-7,10-13H2,(H,21,22,23). The second-order valence-corrected chi connectivity index (χ2v) is 7.03. The number of rotatable bonds is 4. The molecule has 1 aliphatic heterocycles. The number of carbonyl (C=O) groups excluding carboxylic acids is 1. The first-order valence-corrected chi connectivity index (χ1v) is 9.47. The van der Waals surface area contributed by atoms with Crippen molar-refractivity contribution in [3.8, 4) is 0 Å². The van der Waals surface area contributed by atoms with Gasteiger partial charge in [-0.1, -0.05) is 31.0 Å². The normalized spacial score (nSPS) is 18.2. The van der Waals surface area contributed by atoms with Crippen molar-refractivity contribution in [1.82, 2.24) is 14.9 Å². The smallest absolute Gasteiger partial charge is 0.272 e. The van der Waals surface area contributed by atoms with Crippen LogP contribution >= 0.6 is 0 Å². The minimum absolute atomic E-state index is 0.00502. The summed E-state index contributed by atoms with van der Waals surface area (Å²) in [6, 6.07) is 12.6. The lowest BCUT2D eigenvalue weighted by Gasteiger charge is -2.36. The van der Waals surface area contributed by atoms with E-state index in [1.165, 1.54) is 37.7 Å². The number of hydrogen-bond acceptors (Lipinski definition) is 5. The van der Waals surface area contributed by atoms with E-state index in [1.54, 1.807) is 6.07 Å². The van der Waals surface area contributed by atoms with Gasteiger partial charge in [0.15, 0.2) is 0 Å². The van der Waals surface area contributed by atoms with E-state index >= 15 is 0 Å². The number of anilines is 2. The molecule has 1 aliphatic carbocycles. The number of carbonyl (C=O) groups is 1. The van der Waals surface area contributed by atoms with Crippen LogP contribution in [-0.2, 0) is 0 Å². The third-order valence-electron chi connectivity index (χ3n) is 5.28. The molecule has 2 aromatic rings. The molecular weight excluding hydrogens is 326 g/mol. The Morgan fingerprint density at radius 1 is 1.00 bits per heavy atom. The van der Waals surface area contributed by atoms with Crippen LogP contribution in [0.2, 0.25) is 0 Å². The van der Waals surface area contributed by atoms with Crippen LogP contribution in [0.25, 0.3) is 0 Å². The summed E-state index contributed by atoms with van der Waals surface area (Å²) in [6.07, 6.45) is 6.37. The molecule has 2 heterocycles. The van der Waals surface area contributed by atoms with Gasteiger partial charge in [0.2, 0.25) is 0 Å². The lowest BCUT2D eigenvalue weighted by atomic mass is 10.2. The van der Waals surface area contributed by atoms with Crippen LogP contribution in [-0.4, -0.2) is 53.0 Å². The Balaban J connectivity index is 1.37. The van der Waals surface area contributed by atoms with Crippen molar-refractivity contribution in [3.63, 3.8) is 0 Å². The second-order valence-electron chi connectivity index (χ2n) is 7.03. The van der Waals surface area contributed by atoms with Crippen molar-refractivity contribution in [2.45, 2.75) is 31.7 Å². The van der Waals surface area contributed by atoms with Gasteiger partial charge < -0.3 is 15.1 Å². The van der Waals surface area contributed by atoms with Gasteiger partial charge in [0, 0.05) is 44.0 Å². The van der Waals surface area contributed by atoms with Gasteiger partial charge in [0.05, 0.1) is 0 Å². The molecule has 1 N–H and O–H groups in total. The molecule has 1 aromatic heterocycles. The fourth-order valence-electron chi connectivity index (χ4n) is 3.80. The maximum absolute atomic E-state index is 12.8. The average molecular weight is 351 g/mol. The van der Waals surface area contributed by atoms with E-state index in [-0.39, 0.29) is 5.91 Å². The highest BCUT2D eigenvalue weighted by molar-refractivity contribution is 5.93. The number of nitrogens with one attached hydrogen (secondary N) is 1. The molecule has 26 heavy (non-hydrogen) atoms. The zero-order valence-electron chi connectivity index (χ0n) is 15.0. The van der Waals surface area contributed by atoms with Gasteiger partial charge in [-0.3, -0.25) is 4.79 Å². The number of benzene rings is 1. The summed E-state index contributed by atoms with van der Waals surface area (Å²) < 4.78 is 0. The molecule has 1 saturated carbocycles. The molecule has 0 bridgehead atoms. The van der Waals surface area contributed by atoms with Gasteiger partial charge in [-0.2, -0.15) is 0 Å². The predicted molar refractivity (Wildman–Crippen MR) is 102 cm³/mol. The number of hydrogen-bond donors (Lipinski definition) is 1. The largest absolute Gasteiger partial charge is 0.368 e. The Hall–Kier alpha value is -2.63. The predicted octanol–water partition coefficient (Wildman–Crippen LogP) is 2.79. The summed E-state index contributed by atoms with van der Waals surface area (Å²) >= 11 is 0. The number of aromatic nitrogens is 2. The molecule has 6 nitrogen and oxygen atoms in total. The molecule has 2 fully saturated rings. The Labute approximate surface area is 154 Å². The molecule has 2 aliphatic rings. The van der Waals surface area contributed by atoms with Crippen LogP contribution in [0.4, 0.5) is 11.5 Å². The fraction of sp³-hybridized carbons (Fsp3) is 0.450. The van der Waals surface area contributed by atoms with Gasteiger partial charge in [-0.15, -0.1) is 0 Å². The van der Waals surface area contributed by atoms with E-state index in [0.29, 0.717) is 24.8 Å². The quantitative estimate of drug-likeness (QED) is 0.918. The zero-order valence-corrected chi connectivity index (χ0v) is 15.0. The van der Waals surface area contributed by atoms with Gasteiger partial charge in [0.1, 0.15) is 17.8 Å². The lowest BCUT2D eigenvalue weighted by Crippen LogP contribution is -2.49. The Morgan fingerprint density at radius 2 is 1.73 bits per heavy atom. The maximum atomic E-state index is 12.8. The Morgan fingerprint density at radius 3 is 2.46 bits per heavy atom. The topological polar surface area (TPSA) is 61.4 Å². The summed E-state index contributed by atoms with van der Waals surface area (Å²) in [5, 5.41) is 3.44. The Kier molecular flexibility index (Phi) is 5.00. The minimum Gasteiger partial charge on any atom is -0.368 e. The summed E-state index contributed by atoms with van der Waals surface area (Å²) in [7, 11) is 0. The van der Waals surface area contributed by atoms with Crippen molar-refractivity contribution >= 4 is 17.4 Å². The van der Waals surface area contributed by atoms with Crippen molar-refractivity contribution in [2.75, 3.05) is 36.4 Å². The first-order valence-electron chi connectivity index (χ1n) is 9.47. The van der Waals surface area contributed by atoms with Crippen molar-refractivity contribution in [3.05, 3.63) is 48.4 Å². The third kappa shape index (κ3) is 3.79. The third-order valence-corrected chi connectivity index (χ3v) is 5.28. The van der Waals surface area contributed by atoms with Gasteiger partial charge >= 0.3 is 0 Å². The molecule has 1 amide bonds. The van der Waals surface area contributed by atoms with E-state index in [2.05, 4.69) is 32.3 Å². The highest BCUT2D eigenvalue weighted by Crippen LogP contribution is 2.22. The van der Waals surface area contributed by atoms with Crippen LogP contribution in [0.3, 0.4) is 0 Å². The van der Waals surface area contributed by atoms with Crippen LogP contribution in [0.15, 0.2) is 42.7 Å². The molecule has 0 spiro atoms. The number of para-hydroxylation sites is 1. The molecule has 136 valence electrons. The molecule has 0 unspecified atom stereocenters. The monoisotopic (exact) mass is 351 g/mol. The molecule has 4 rings (SSSR count). The van der Waals surface area contributed by atoms with Crippen LogP contribution in [0.1, 0.15) is 36.2 Å². The van der Waals surface area contributed by atoms with E-state index in [0.717, 1.165) is 18.9 Å². The van der Waals surface area contributed by atoms with Crippen molar-refractivity contribution in [1.29, 1.82) is 0 Å². The highest BCUT2D eigenvalue weighted by Gasteiger charge is 2.24. The van der Waals surface area contributed by atoms with Crippen molar-refractivity contribution in [2.24, 2.45) is 0 Å². The minimum atomic E-state index is -0.00502. The second kappa shape index (κ2) is 7.72. The first kappa shape index (κ1) is 16.8. The fourth-order valence-corrected chi connectivity index (χ4v) is 3.80. The van der Waals surface area contributed by atoms with Crippen LogP contribution in [0.5, 0.6) is 0 Å².